The van der Waals surface area contributed by atoms with Gasteiger partial charge in [0.25, 0.3) is 5.91 Å². The van der Waals surface area contributed by atoms with Crippen molar-refractivity contribution >= 4 is 37.8 Å². The van der Waals surface area contributed by atoms with Gasteiger partial charge in [0.1, 0.15) is 0 Å². The third kappa shape index (κ3) is 3.21. The smallest absolute Gasteiger partial charge is 0.293 e. The Bertz CT molecular complexity index is 404. The van der Waals surface area contributed by atoms with E-state index < -0.39 is 5.91 Å². The molecule has 0 heterocycles. The highest BCUT2D eigenvalue weighted by molar-refractivity contribution is 9.11. The quantitative estimate of drug-likeness (QED) is 0.732. The highest BCUT2D eigenvalue weighted by atomic mass is 79.9. The number of primary amides is 1. The van der Waals surface area contributed by atoms with Crippen LogP contribution in [0.4, 0.5) is 0 Å². The summed E-state index contributed by atoms with van der Waals surface area (Å²) >= 11 is 6.60. The van der Waals surface area contributed by atoms with Crippen LogP contribution in [0.25, 0.3) is 0 Å². The van der Waals surface area contributed by atoms with Crippen LogP contribution in [-0.2, 0) is 4.79 Å². The second-order valence-electron chi connectivity index (χ2n) is 2.24. The van der Waals surface area contributed by atoms with Crippen molar-refractivity contribution in [1.29, 1.82) is 0 Å². The topological polar surface area (TPSA) is 43.1 Å². The summed E-state index contributed by atoms with van der Waals surface area (Å²) in [5.41, 5.74) is 5.62. The molecule has 0 spiro atoms. The van der Waals surface area contributed by atoms with E-state index in [9.17, 15) is 4.79 Å². The molecule has 1 aromatic carbocycles. The summed E-state index contributed by atoms with van der Waals surface area (Å²) < 4.78 is 1.74. The van der Waals surface area contributed by atoms with Gasteiger partial charge in [-0.25, -0.2) is 0 Å². The predicted octanol–water partition coefficient (Wildman–Crippen LogP) is 2.05. The van der Waals surface area contributed by atoms with Crippen LogP contribution in [0, 0.1) is 11.8 Å². The lowest BCUT2D eigenvalue weighted by Crippen LogP contribution is -2.06. The molecule has 2 nitrogen and oxygen atoms in total. The molecule has 0 aromatic heterocycles. The molecule has 0 saturated carbocycles. The van der Waals surface area contributed by atoms with Crippen LogP contribution in [0.15, 0.2) is 27.1 Å². The van der Waals surface area contributed by atoms with Gasteiger partial charge in [0, 0.05) is 20.4 Å². The normalized spacial score (nSPS) is 8.77. The molecule has 0 aliphatic carbocycles. The van der Waals surface area contributed by atoms with Gasteiger partial charge in [-0.15, -0.1) is 0 Å². The fourth-order valence-electron chi connectivity index (χ4n) is 0.722. The Labute approximate surface area is 92.8 Å². The molecule has 2 N–H and O–H groups in total. The highest BCUT2D eigenvalue weighted by Crippen LogP contribution is 2.20. The lowest BCUT2D eigenvalue weighted by Gasteiger charge is -1.95. The highest BCUT2D eigenvalue weighted by Gasteiger charge is 1.96. The van der Waals surface area contributed by atoms with E-state index in [0.29, 0.717) is 0 Å². The van der Waals surface area contributed by atoms with Crippen molar-refractivity contribution in [2.75, 3.05) is 0 Å². The van der Waals surface area contributed by atoms with E-state index in [-0.39, 0.29) is 0 Å². The zero-order chi connectivity index (χ0) is 9.84. The lowest BCUT2D eigenvalue weighted by molar-refractivity contribution is -0.112. The van der Waals surface area contributed by atoms with Gasteiger partial charge in [0.05, 0.1) is 0 Å². The first-order valence-corrected chi connectivity index (χ1v) is 4.94. The lowest BCUT2D eigenvalue weighted by atomic mass is 10.2. The number of halogens is 2. The molecule has 0 radical (unpaired) electrons. The maximum Gasteiger partial charge on any atom is 0.293 e. The van der Waals surface area contributed by atoms with Crippen LogP contribution in [0.5, 0.6) is 0 Å². The molecule has 1 aromatic rings. The predicted molar refractivity (Wildman–Crippen MR) is 57.9 cm³/mol. The van der Waals surface area contributed by atoms with Crippen LogP contribution in [0.2, 0.25) is 0 Å². The van der Waals surface area contributed by atoms with Gasteiger partial charge in [-0.1, -0.05) is 21.9 Å². The van der Waals surface area contributed by atoms with Crippen LogP contribution in [0.1, 0.15) is 5.56 Å². The number of rotatable bonds is 0. The minimum absolute atomic E-state index is 0.633. The van der Waals surface area contributed by atoms with Crippen molar-refractivity contribution in [1.82, 2.24) is 0 Å². The molecule has 1 amide bonds. The van der Waals surface area contributed by atoms with Crippen LogP contribution in [-0.4, -0.2) is 5.91 Å². The summed E-state index contributed by atoms with van der Waals surface area (Å²) in [4.78, 5) is 10.4. The van der Waals surface area contributed by atoms with E-state index in [1.165, 1.54) is 0 Å². The zero-order valence-corrected chi connectivity index (χ0v) is 9.65. The number of hydrogen-bond acceptors (Lipinski definition) is 1. The van der Waals surface area contributed by atoms with Crippen molar-refractivity contribution in [3.8, 4) is 11.8 Å². The second kappa shape index (κ2) is 4.45. The van der Waals surface area contributed by atoms with Crippen molar-refractivity contribution < 1.29 is 4.79 Å². The number of benzene rings is 1. The minimum atomic E-state index is -0.633. The molecule has 0 unspecified atom stereocenters. The van der Waals surface area contributed by atoms with E-state index in [1.54, 1.807) is 6.07 Å². The van der Waals surface area contributed by atoms with Gasteiger partial charge >= 0.3 is 0 Å². The van der Waals surface area contributed by atoms with E-state index in [1.807, 2.05) is 12.1 Å². The fourth-order valence-corrected chi connectivity index (χ4v) is 1.43. The Morgan fingerprint density at radius 3 is 2.69 bits per heavy atom. The van der Waals surface area contributed by atoms with E-state index in [2.05, 4.69) is 43.7 Å². The third-order valence-corrected chi connectivity index (χ3v) is 2.43. The number of amides is 1. The van der Waals surface area contributed by atoms with Gasteiger partial charge in [0.2, 0.25) is 0 Å². The molecule has 0 aliphatic heterocycles. The first-order valence-electron chi connectivity index (χ1n) is 3.36. The molecular formula is C9H5Br2NO. The van der Waals surface area contributed by atoms with Gasteiger partial charge < -0.3 is 5.73 Å². The fraction of sp³-hybridized carbons (Fsp3) is 0. The van der Waals surface area contributed by atoms with Crippen LogP contribution in [0.3, 0.4) is 0 Å². The summed E-state index contributed by atoms with van der Waals surface area (Å²) in [6.07, 6.45) is 0. The number of nitrogens with two attached hydrogens (primary N) is 1. The molecule has 66 valence electrons. The molecule has 1 rings (SSSR count). The number of carbonyl (C=O) groups is 1. The summed E-state index contributed by atoms with van der Waals surface area (Å²) in [7, 11) is 0. The Morgan fingerprint density at radius 2 is 2.08 bits per heavy atom. The SMILES string of the molecule is NC(=O)C#Cc1cc(Br)ccc1Br. The molecule has 0 fully saturated rings. The van der Waals surface area contributed by atoms with Crippen molar-refractivity contribution in [2.45, 2.75) is 0 Å². The molecule has 4 heteroatoms. The first-order chi connectivity index (χ1) is 6.09. The summed E-state index contributed by atoms with van der Waals surface area (Å²) in [5, 5.41) is 0. The van der Waals surface area contributed by atoms with Crippen molar-refractivity contribution in [3.63, 3.8) is 0 Å². The number of hydrogen-bond donors (Lipinski definition) is 1. The molecule has 0 saturated heterocycles. The van der Waals surface area contributed by atoms with Crippen molar-refractivity contribution in [3.05, 3.63) is 32.7 Å². The van der Waals surface area contributed by atoms with E-state index in [4.69, 9.17) is 5.73 Å². The Hall–Kier alpha value is -0.790. The summed E-state index contributed by atoms with van der Waals surface area (Å²) in [6.45, 7) is 0. The largest absolute Gasteiger partial charge is 0.359 e. The maximum atomic E-state index is 10.4. The maximum absolute atomic E-state index is 10.4. The van der Waals surface area contributed by atoms with Crippen LogP contribution >= 0.6 is 31.9 Å². The number of carbonyl (C=O) groups excluding carboxylic acids is 1. The average molecular weight is 303 g/mol. The average Bonchev–Trinajstić information content (AvgIpc) is 2.06. The first kappa shape index (κ1) is 10.3. The third-order valence-electron chi connectivity index (χ3n) is 1.25. The van der Waals surface area contributed by atoms with E-state index >= 15 is 0 Å². The summed E-state index contributed by atoms with van der Waals surface area (Å²) in [5.74, 6) is 4.29. The summed E-state index contributed by atoms with van der Waals surface area (Å²) in [6, 6.07) is 5.52. The molecule has 0 atom stereocenters. The van der Waals surface area contributed by atoms with Gasteiger partial charge in [0.15, 0.2) is 0 Å². The van der Waals surface area contributed by atoms with Gasteiger partial charge in [-0.3, -0.25) is 4.79 Å². The Kier molecular flexibility index (Phi) is 3.52. The monoisotopic (exact) mass is 301 g/mol. The molecule has 13 heavy (non-hydrogen) atoms. The van der Waals surface area contributed by atoms with Gasteiger partial charge in [-0.05, 0) is 34.1 Å². The second-order valence-corrected chi connectivity index (χ2v) is 4.01. The Balaban J connectivity index is 3.09. The minimum Gasteiger partial charge on any atom is -0.359 e. The van der Waals surface area contributed by atoms with Crippen molar-refractivity contribution in [2.24, 2.45) is 5.73 Å². The van der Waals surface area contributed by atoms with E-state index in [0.717, 1.165) is 14.5 Å². The van der Waals surface area contributed by atoms with Gasteiger partial charge in [-0.2, -0.15) is 0 Å². The zero-order valence-electron chi connectivity index (χ0n) is 6.47. The standard InChI is InChI=1S/C9H5Br2NO/c10-7-2-3-8(11)6(5-7)1-4-9(12)13/h2-3,5H,(H2,12,13). The molecule has 0 aliphatic rings. The Morgan fingerprint density at radius 1 is 1.38 bits per heavy atom. The molecular weight excluding hydrogens is 298 g/mol. The molecule has 0 bridgehead atoms. The van der Waals surface area contributed by atoms with Crippen LogP contribution < -0.4 is 5.73 Å².